The van der Waals surface area contributed by atoms with Crippen LogP contribution in [-0.4, -0.2) is 22.6 Å². The standard InChI is InChI=1S/C12H11BrN2O2/c13-9-3-4-10(14-7-5-11(16)17)12-8(9)2-1-6-15-12/h1-4,6,14H,5,7H2,(H,16,17). The van der Waals surface area contributed by atoms with Crippen LogP contribution in [0.4, 0.5) is 5.69 Å². The summed E-state index contributed by atoms with van der Waals surface area (Å²) < 4.78 is 0.976. The summed E-state index contributed by atoms with van der Waals surface area (Å²) in [7, 11) is 0. The van der Waals surface area contributed by atoms with Crippen LogP contribution in [0.25, 0.3) is 10.9 Å². The van der Waals surface area contributed by atoms with Gasteiger partial charge in [0.1, 0.15) is 0 Å². The monoisotopic (exact) mass is 294 g/mol. The summed E-state index contributed by atoms with van der Waals surface area (Å²) in [5.41, 5.74) is 1.69. The number of anilines is 1. The molecular formula is C12H11BrN2O2. The molecule has 0 aliphatic rings. The molecule has 17 heavy (non-hydrogen) atoms. The minimum absolute atomic E-state index is 0.0877. The van der Waals surface area contributed by atoms with Crippen molar-refractivity contribution in [2.45, 2.75) is 6.42 Å². The Bertz CT molecular complexity index is 557. The minimum atomic E-state index is -0.813. The molecule has 0 fully saturated rings. The van der Waals surface area contributed by atoms with E-state index in [9.17, 15) is 4.79 Å². The molecule has 0 bridgehead atoms. The number of rotatable bonds is 4. The zero-order valence-corrected chi connectivity index (χ0v) is 10.6. The van der Waals surface area contributed by atoms with Crippen molar-refractivity contribution in [3.05, 3.63) is 34.9 Å². The molecule has 0 aliphatic heterocycles. The number of hydrogen-bond acceptors (Lipinski definition) is 3. The van der Waals surface area contributed by atoms with Gasteiger partial charge in [0, 0.05) is 22.6 Å². The van der Waals surface area contributed by atoms with Crippen molar-refractivity contribution in [3.63, 3.8) is 0 Å². The van der Waals surface area contributed by atoms with Gasteiger partial charge in [-0.25, -0.2) is 0 Å². The highest BCUT2D eigenvalue weighted by atomic mass is 79.9. The van der Waals surface area contributed by atoms with Gasteiger partial charge in [0.15, 0.2) is 0 Å². The summed E-state index contributed by atoms with van der Waals surface area (Å²) in [4.78, 5) is 14.7. The van der Waals surface area contributed by atoms with Crippen molar-refractivity contribution in [2.24, 2.45) is 0 Å². The van der Waals surface area contributed by atoms with E-state index in [0.29, 0.717) is 6.54 Å². The van der Waals surface area contributed by atoms with Crippen LogP contribution in [0, 0.1) is 0 Å². The van der Waals surface area contributed by atoms with Crippen molar-refractivity contribution in [2.75, 3.05) is 11.9 Å². The van der Waals surface area contributed by atoms with Crippen LogP contribution in [0.1, 0.15) is 6.42 Å². The number of nitrogens with one attached hydrogen (secondary N) is 1. The Kier molecular flexibility index (Phi) is 3.58. The molecular weight excluding hydrogens is 284 g/mol. The van der Waals surface area contributed by atoms with E-state index in [1.54, 1.807) is 6.20 Å². The summed E-state index contributed by atoms with van der Waals surface area (Å²) in [6.07, 6.45) is 1.81. The zero-order valence-electron chi connectivity index (χ0n) is 8.98. The van der Waals surface area contributed by atoms with Gasteiger partial charge < -0.3 is 10.4 Å². The number of nitrogens with zero attached hydrogens (tertiary/aromatic N) is 1. The lowest BCUT2D eigenvalue weighted by molar-refractivity contribution is -0.136. The smallest absolute Gasteiger partial charge is 0.305 e. The molecule has 0 radical (unpaired) electrons. The third-order valence-electron chi connectivity index (χ3n) is 2.37. The third-order valence-corrected chi connectivity index (χ3v) is 3.06. The number of carbonyl (C=O) groups is 1. The molecule has 0 aliphatic carbocycles. The number of carboxylic acids is 1. The van der Waals surface area contributed by atoms with E-state index in [4.69, 9.17) is 5.11 Å². The topological polar surface area (TPSA) is 62.2 Å². The maximum absolute atomic E-state index is 10.4. The zero-order chi connectivity index (χ0) is 12.3. The number of hydrogen-bond donors (Lipinski definition) is 2. The first-order valence-electron chi connectivity index (χ1n) is 5.17. The van der Waals surface area contributed by atoms with Gasteiger partial charge in [0.2, 0.25) is 0 Å². The number of carboxylic acid groups (broad SMARTS) is 1. The fourth-order valence-electron chi connectivity index (χ4n) is 1.58. The van der Waals surface area contributed by atoms with Crippen LogP contribution >= 0.6 is 15.9 Å². The molecule has 0 amide bonds. The molecule has 2 rings (SSSR count). The molecule has 4 nitrogen and oxygen atoms in total. The maximum atomic E-state index is 10.4. The van der Waals surface area contributed by atoms with E-state index in [1.807, 2.05) is 24.3 Å². The van der Waals surface area contributed by atoms with E-state index in [-0.39, 0.29) is 6.42 Å². The lowest BCUT2D eigenvalue weighted by atomic mass is 10.2. The predicted molar refractivity (Wildman–Crippen MR) is 70.2 cm³/mol. The molecule has 2 aromatic rings. The van der Waals surface area contributed by atoms with Crippen LogP contribution in [-0.2, 0) is 4.79 Å². The Morgan fingerprint density at radius 1 is 1.41 bits per heavy atom. The molecule has 0 saturated heterocycles. The maximum Gasteiger partial charge on any atom is 0.305 e. The van der Waals surface area contributed by atoms with Gasteiger partial charge in [0.25, 0.3) is 0 Å². The Labute approximate surface area is 107 Å². The SMILES string of the molecule is O=C(O)CCNc1ccc(Br)c2cccnc12. The number of pyridine rings is 1. The van der Waals surface area contributed by atoms with Gasteiger partial charge in [-0.15, -0.1) is 0 Å². The number of fused-ring (bicyclic) bond motifs is 1. The molecule has 1 aromatic carbocycles. The average Bonchev–Trinajstić information content (AvgIpc) is 2.32. The van der Waals surface area contributed by atoms with E-state index in [2.05, 4.69) is 26.2 Å². The Morgan fingerprint density at radius 3 is 3.00 bits per heavy atom. The Morgan fingerprint density at radius 2 is 2.24 bits per heavy atom. The minimum Gasteiger partial charge on any atom is -0.481 e. The summed E-state index contributed by atoms with van der Waals surface area (Å²) in [5, 5.41) is 12.7. The van der Waals surface area contributed by atoms with Gasteiger partial charge in [-0.1, -0.05) is 22.0 Å². The largest absolute Gasteiger partial charge is 0.481 e. The van der Waals surface area contributed by atoms with Crippen molar-refractivity contribution < 1.29 is 9.90 Å². The van der Waals surface area contributed by atoms with E-state index in [1.165, 1.54) is 0 Å². The number of aromatic nitrogens is 1. The van der Waals surface area contributed by atoms with E-state index >= 15 is 0 Å². The predicted octanol–water partition coefficient (Wildman–Crippen LogP) is 2.88. The summed E-state index contributed by atoms with van der Waals surface area (Å²) in [6, 6.07) is 7.65. The van der Waals surface area contributed by atoms with E-state index < -0.39 is 5.97 Å². The second kappa shape index (κ2) is 5.14. The Balaban J connectivity index is 2.28. The van der Waals surface area contributed by atoms with Gasteiger partial charge in [0.05, 0.1) is 17.6 Å². The van der Waals surface area contributed by atoms with Gasteiger partial charge in [-0.3, -0.25) is 9.78 Å². The molecule has 5 heteroatoms. The molecule has 0 atom stereocenters. The number of halogens is 1. The highest BCUT2D eigenvalue weighted by molar-refractivity contribution is 9.10. The fourth-order valence-corrected chi connectivity index (χ4v) is 2.04. The van der Waals surface area contributed by atoms with Crippen molar-refractivity contribution in [1.29, 1.82) is 0 Å². The second-order valence-electron chi connectivity index (χ2n) is 3.57. The molecule has 2 N–H and O–H groups in total. The average molecular weight is 295 g/mol. The normalized spacial score (nSPS) is 10.4. The molecule has 0 spiro atoms. The number of benzene rings is 1. The van der Waals surface area contributed by atoms with Gasteiger partial charge in [-0.2, -0.15) is 0 Å². The number of aliphatic carboxylic acids is 1. The first kappa shape index (κ1) is 11.9. The van der Waals surface area contributed by atoms with Crippen molar-refractivity contribution >= 4 is 38.5 Å². The molecule has 0 saturated carbocycles. The van der Waals surface area contributed by atoms with Crippen LogP contribution in [0.15, 0.2) is 34.9 Å². The molecule has 0 unspecified atom stereocenters. The van der Waals surface area contributed by atoms with Crippen LogP contribution < -0.4 is 5.32 Å². The summed E-state index contributed by atoms with van der Waals surface area (Å²) >= 11 is 3.46. The summed E-state index contributed by atoms with van der Waals surface area (Å²) in [5.74, 6) is -0.813. The lowest BCUT2D eigenvalue weighted by Crippen LogP contribution is -2.08. The molecule has 1 aromatic heterocycles. The highest BCUT2D eigenvalue weighted by Gasteiger charge is 2.05. The first-order chi connectivity index (χ1) is 8.18. The van der Waals surface area contributed by atoms with Crippen LogP contribution in [0.3, 0.4) is 0 Å². The van der Waals surface area contributed by atoms with Crippen molar-refractivity contribution in [3.8, 4) is 0 Å². The molecule has 1 heterocycles. The first-order valence-corrected chi connectivity index (χ1v) is 5.96. The quantitative estimate of drug-likeness (QED) is 0.910. The lowest BCUT2D eigenvalue weighted by Gasteiger charge is -2.08. The van der Waals surface area contributed by atoms with Crippen LogP contribution in [0.5, 0.6) is 0 Å². The van der Waals surface area contributed by atoms with Gasteiger partial charge in [-0.05, 0) is 18.2 Å². The van der Waals surface area contributed by atoms with Gasteiger partial charge >= 0.3 is 5.97 Å². The fraction of sp³-hybridized carbons (Fsp3) is 0.167. The molecule has 88 valence electrons. The Hall–Kier alpha value is -1.62. The second-order valence-corrected chi connectivity index (χ2v) is 4.42. The third kappa shape index (κ3) is 2.74. The van der Waals surface area contributed by atoms with Crippen molar-refractivity contribution in [1.82, 2.24) is 4.98 Å². The summed E-state index contributed by atoms with van der Waals surface area (Å²) in [6.45, 7) is 0.392. The van der Waals surface area contributed by atoms with E-state index in [0.717, 1.165) is 21.1 Å². The highest BCUT2D eigenvalue weighted by Crippen LogP contribution is 2.28. The van der Waals surface area contributed by atoms with Crippen LogP contribution in [0.2, 0.25) is 0 Å².